The lowest BCUT2D eigenvalue weighted by Crippen LogP contribution is -2.39. The highest BCUT2D eigenvalue weighted by Gasteiger charge is 2.39. The van der Waals surface area contributed by atoms with Gasteiger partial charge in [0.1, 0.15) is 11.5 Å². The van der Waals surface area contributed by atoms with Crippen LogP contribution in [-0.4, -0.2) is 12.6 Å². The predicted molar refractivity (Wildman–Crippen MR) is 108 cm³/mol. The summed E-state index contributed by atoms with van der Waals surface area (Å²) in [6.07, 6.45) is 10.0. The first-order valence-corrected chi connectivity index (χ1v) is 10.6. The minimum absolute atomic E-state index is 0.209. The maximum absolute atomic E-state index is 6.77. The van der Waals surface area contributed by atoms with E-state index in [9.17, 15) is 0 Å². The standard InChI is InChI=1S/C24H29NO2/c1-3-7-17(8-4-1)23-14-11-18-16-25-22-13-12-20(15-21(22)24(18)27-23)26-19-9-5-2-6-10-19/h2,5-6,9-10,12-13,15,17-18,23-25H,1,3-4,7-8,11,14,16H2. The minimum Gasteiger partial charge on any atom is -0.457 e. The van der Waals surface area contributed by atoms with E-state index in [1.807, 2.05) is 30.3 Å². The topological polar surface area (TPSA) is 30.5 Å². The van der Waals surface area contributed by atoms with Crippen LogP contribution in [0.5, 0.6) is 11.5 Å². The third kappa shape index (κ3) is 3.58. The van der Waals surface area contributed by atoms with Gasteiger partial charge in [-0.05, 0) is 61.9 Å². The van der Waals surface area contributed by atoms with Crippen molar-refractivity contribution in [3.63, 3.8) is 0 Å². The van der Waals surface area contributed by atoms with Gasteiger partial charge in [-0.15, -0.1) is 0 Å². The molecule has 0 aromatic heterocycles. The fourth-order valence-electron chi connectivity index (χ4n) is 5.15. The van der Waals surface area contributed by atoms with Crippen molar-refractivity contribution >= 4 is 5.69 Å². The van der Waals surface area contributed by atoms with Gasteiger partial charge in [0.15, 0.2) is 0 Å². The number of para-hydroxylation sites is 1. The number of benzene rings is 2. The van der Waals surface area contributed by atoms with E-state index >= 15 is 0 Å². The monoisotopic (exact) mass is 363 g/mol. The van der Waals surface area contributed by atoms with E-state index in [0.717, 1.165) is 24.0 Å². The van der Waals surface area contributed by atoms with E-state index in [-0.39, 0.29) is 6.10 Å². The zero-order valence-electron chi connectivity index (χ0n) is 15.9. The molecule has 1 aliphatic carbocycles. The van der Waals surface area contributed by atoms with Gasteiger partial charge in [0.2, 0.25) is 0 Å². The Bertz CT molecular complexity index is 769. The molecule has 3 unspecified atom stereocenters. The molecule has 3 heteroatoms. The Labute approximate surface area is 162 Å². The Morgan fingerprint density at radius 2 is 1.67 bits per heavy atom. The first-order chi connectivity index (χ1) is 13.4. The molecule has 2 aliphatic heterocycles. The maximum atomic E-state index is 6.77. The molecule has 27 heavy (non-hydrogen) atoms. The van der Waals surface area contributed by atoms with Crippen LogP contribution in [0.1, 0.15) is 56.6 Å². The molecule has 0 spiro atoms. The van der Waals surface area contributed by atoms with Crippen LogP contribution >= 0.6 is 0 Å². The molecule has 3 nitrogen and oxygen atoms in total. The maximum Gasteiger partial charge on any atom is 0.127 e. The van der Waals surface area contributed by atoms with Gasteiger partial charge in [-0.3, -0.25) is 0 Å². The molecule has 2 heterocycles. The van der Waals surface area contributed by atoms with E-state index in [1.54, 1.807) is 0 Å². The van der Waals surface area contributed by atoms with E-state index in [1.165, 1.54) is 56.2 Å². The van der Waals surface area contributed by atoms with Crippen molar-refractivity contribution in [2.75, 3.05) is 11.9 Å². The molecular formula is C24H29NO2. The lowest BCUT2D eigenvalue weighted by molar-refractivity contribution is -0.113. The first-order valence-electron chi connectivity index (χ1n) is 10.6. The number of anilines is 1. The van der Waals surface area contributed by atoms with Crippen LogP contribution in [0.15, 0.2) is 48.5 Å². The van der Waals surface area contributed by atoms with E-state index < -0.39 is 0 Å². The van der Waals surface area contributed by atoms with E-state index in [4.69, 9.17) is 9.47 Å². The Hall–Kier alpha value is -2.00. The van der Waals surface area contributed by atoms with Gasteiger partial charge in [-0.25, -0.2) is 0 Å². The Morgan fingerprint density at radius 3 is 2.52 bits per heavy atom. The third-order valence-electron chi connectivity index (χ3n) is 6.61. The normalized spacial score (nSPS) is 27.9. The van der Waals surface area contributed by atoms with Gasteiger partial charge in [-0.2, -0.15) is 0 Å². The summed E-state index contributed by atoms with van der Waals surface area (Å²) in [6, 6.07) is 16.4. The fraction of sp³-hybridized carbons (Fsp3) is 0.500. The van der Waals surface area contributed by atoms with Gasteiger partial charge in [0.25, 0.3) is 0 Å². The van der Waals surface area contributed by atoms with Crippen molar-refractivity contribution in [1.29, 1.82) is 0 Å². The highest BCUT2D eigenvalue weighted by molar-refractivity contribution is 5.58. The number of hydrogen-bond acceptors (Lipinski definition) is 3. The van der Waals surface area contributed by atoms with Crippen molar-refractivity contribution in [3.8, 4) is 11.5 Å². The quantitative estimate of drug-likeness (QED) is 0.692. The summed E-state index contributed by atoms with van der Waals surface area (Å²) in [7, 11) is 0. The number of nitrogens with one attached hydrogen (secondary N) is 1. The van der Waals surface area contributed by atoms with Gasteiger partial charge in [-0.1, -0.05) is 37.5 Å². The van der Waals surface area contributed by atoms with Crippen LogP contribution in [0.2, 0.25) is 0 Å². The average Bonchev–Trinajstić information content (AvgIpc) is 2.75. The molecule has 2 aromatic carbocycles. The molecule has 142 valence electrons. The summed E-state index contributed by atoms with van der Waals surface area (Å²) in [5.41, 5.74) is 2.49. The summed E-state index contributed by atoms with van der Waals surface area (Å²) >= 11 is 0. The van der Waals surface area contributed by atoms with Crippen molar-refractivity contribution in [3.05, 3.63) is 54.1 Å². The molecule has 1 saturated heterocycles. The van der Waals surface area contributed by atoms with Crippen molar-refractivity contribution < 1.29 is 9.47 Å². The Balaban J connectivity index is 1.38. The number of fused-ring (bicyclic) bond motifs is 3. The van der Waals surface area contributed by atoms with Gasteiger partial charge < -0.3 is 14.8 Å². The van der Waals surface area contributed by atoms with Crippen LogP contribution in [0.4, 0.5) is 5.69 Å². The van der Waals surface area contributed by atoms with Gasteiger partial charge >= 0.3 is 0 Å². The molecule has 2 fully saturated rings. The van der Waals surface area contributed by atoms with Crippen molar-refractivity contribution in [2.24, 2.45) is 11.8 Å². The average molecular weight is 364 g/mol. The summed E-state index contributed by atoms with van der Waals surface area (Å²) in [4.78, 5) is 0. The summed E-state index contributed by atoms with van der Waals surface area (Å²) in [6.45, 7) is 1.02. The zero-order valence-corrected chi connectivity index (χ0v) is 15.9. The van der Waals surface area contributed by atoms with Gasteiger partial charge in [0.05, 0.1) is 12.2 Å². The molecule has 3 aliphatic rings. The zero-order chi connectivity index (χ0) is 18.1. The number of hydrogen-bond donors (Lipinski definition) is 1. The smallest absolute Gasteiger partial charge is 0.127 e. The molecule has 3 atom stereocenters. The second-order valence-corrected chi connectivity index (χ2v) is 8.38. The summed E-state index contributed by atoms with van der Waals surface area (Å²) in [5.74, 6) is 3.11. The lowest BCUT2D eigenvalue weighted by atomic mass is 9.78. The second-order valence-electron chi connectivity index (χ2n) is 8.38. The number of ether oxygens (including phenoxy) is 2. The molecule has 0 bridgehead atoms. The first kappa shape index (κ1) is 17.1. The molecular weight excluding hydrogens is 334 g/mol. The Morgan fingerprint density at radius 1 is 0.815 bits per heavy atom. The van der Waals surface area contributed by atoms with Crippen LogP contribution in [0.3, 0.4) is 0 Å². The third-order valence-corrected chi connectivity index (χ3v) is 6.61. The van der Waals surface area contributed by atoms with Crippen LogP contribution in [0, 0.1) is 11.8 Å². The molecule has 0 amide bonds. The Kier molecular flexibility index (Phi) is 4.79. The summed E-state index contributed by atoms with van der Waals surface area (Å²) in [5, 5.41) is 3.61. The molecule has 1 saturated carbocycles. The van der Waals surface area contributed by atoms with Crippen LogP contribution < -0.4 is 10.1 Å². The van der Waals surface area contributed by atoms with Crippen molar-refractivity contribution in [2.45, 2.75) is 57.2 Å². The van der Waals surface area contributed by atoms with E-state index in [0.29, 0.717) is 12.0 Å². The molecule has 5 rings (SSSR count). The minimum atomic E-state index is 0.209. The summed E-state index contributed by atoms with van der Waals surface area (Å²) < 4.78 is 12.8. The van der Waals surface area contributed by atoms with Gasteiger partial charge in [0, 0.05) is 23.7 Å². The fourth-order valence-corrected chi connectivity index (χ4v) is 5.15. The molecule has 0 radical (unpaired) electrons. The molecule has 2 aromatic rings. The predicted octanol–water partition coefficient (Wildman–Crippen LogP) is 6.32. The van der Waals surface area contributed by atoms with Crippen LogP contribution in [-0.2, 0) is 4.74 Å². The molecule has 1 N–H and O–H groups in total. The SMILES string of the molecule is c1ccc(Oc2ccc3c(c2)C2OC(C4CCCCC4)CCC2CN3)cc1. The highest BCUT2D eigenvalue weighted by Crippen LogP contribution is 2.46. The highest BCUT2D eigenvalue weighted by atomic mass is 16.5. The van der Waals surface area contributed by atoms with Crippen LogP contribution in [0.25, 0.3) is 0 Å². The second kappa shape index (κ2) is 7.55. The van der Waals surface area contributed by atoms with Crippen molar-refractivity contribution in [1.82, 2.24) is 0 Å². The van der Waals surface area contributed by atoms with E-state index in [2.05, 4.69) is 23.5 Å². The largest absolute Gasteiger partial charge is 0.457 e. The lowest BCUT2D eigenvalue weighted by Gasteiger charge is -2.44. The number of rotatable bonds is 3.